The van der Waals surface area contributed by atoms with Crippen LogP contribution in [0.1, 0.15) is 30.4 Å². The Balaban J connectivity index is 1.54. The standard InChI is InChI=1S/C20H24FN3O/c1-15-6-8-18(21)19(12-15)24-11-3-5-17(14-24)23-20(25)9-7-16-4-2-10-22-13-16/h2,4,6,8,10,12-13,17H,3,5,7,9,11,14H2,1H3,(H,23,25). The molecule has 1 saturated heterocycles. The summed E-state index contributed by atoms with van der Waals surface area (Å²) in [7, 11) is 0. The molecule has 1 N–H and O–H groups in total. The van der Waals surface area contributed by atoms with Gasteiger partial charge in [-0.1, -0.05) is 12.1 Å². The Morgan fingerprint density at radius 3 is 3.08 bits per heavy atom. The van der Waals surface area contributed by atoms with Crippen molar-refractivity contribution in [3.8, 4) is 0 Å². The lowest BCUT2D eigenvalue weighted by Crippen LogP contribution is -2.48. The smallest absolute Gasteiger partial charge is 0.220 e. The molecule has 1 aliphatic heterocycles. The third-order valence-electron chi connectivity index (χ3n) is 4.59. The van der Waals surface area contributed by atoms with Crippen molar-refractivity contribution in [2.75, 3.05) is 18.0 Å². The van der Waals surface area contributed by atoms with Gasteiger partial charge < -0.3 is 10.2 Å². The van der Waals surface area contributed by atoms with Crippen molar-refractivity contribution in [3.05, 3.63) is 59.7 Å². The van der Waals surface area contributed by atoms with Crippen molar-refractivity contribution in [2.24, 2.45) is 0 Å². The maximum absolute atomic E-state index is 14.1. The van der Waals surface area contributed by atoms with Crippen molar-refractivity contribution in [2.45, 2.75) is 38.6 Å². The van der Waals surface area contributed by atoms with Crippen LogP contribution in [-0.4, -0.2) is 30.0 Å². The molecule has 3 rings (SSSR count). The fourth-order valence-electron chi connectivity index (χ4n) is 3.28. The minimum absolute atomic E-state index is 0.0421. The maximum Gasteiger partial charge on any atom is 0.220 e. The highest BCUT2D eigenvalue weighted by Crippen LogP contribution is 2.24. The summed E-state index contributed by atoms with van der Waals surface area (Å²) in [6.45, 7) is 3.44. The topological polar surface area (TPSA) is 45.2 Å². The molecule has 0 spiro atoms. The first-order valence-corrected chi connectivity index (χ1v) is 8.81. The van der Waals surface area contributed by atoms with E-state index in [-0.39, 0.29) is 17.8 Å². The van der Waals surface area contributed by atoms with Crippen LogP contribution >= 0.6 is 0 Å². The quantitative estimate of drug-likeness (QED) is 0.908. The van der Waals surface area contributed by atoms with Crippen molar-refractivity contribution >= 4 is 11.6 Å². The Kier molecular flexibility index (Phi) is 5.64. The molecule has 2 aromatic rings. The molecule has 2 heterocycles. The monoisotopic (exact) mass is 341 g/mol. The molecule has 0 aliphatic carbocycles. The van der Waals surface area contributed by atoms with E-state index in [9.17, 15) is 9.18 Å². The number of rotatable bonds is 5. The van der Waals surface area contributed by atoms with Crippen LogP contribution in [0.5, 0.6) is 0 Å². The Morgan fingerprint density at radius 1 is 1.40 bits per heavy atom. The number of carbonyl (C=O) groups excluding carboxylic acids is 1. The van der Waals surface area contributed by atoms with E-state index in [1.807, 2.05) is 30.0 Å². The van der Waals surface area contributed by atoms with E-state index in [1.165, 1.54) is 6.07 Å². The summed E-state index contributed by atoms with van der Waals surface area (Å²) in [4.78, 5) is 18.3. The highest BCUT2D eigenvalue weighted by molar-refractivity contribution is 5.76. The highest BCUT2D eigenvalue weighted by atomic mass is 19.1. The van der Waals surface area contributed by atoms with E-state index in [2.05, 4.69) is 10.3 Å². The first-order chi connectivity index (χ1) is 12.1. The van der Waals surface area contributed by atoms with Crippen LogP contribution in [-0.2, 0) is 11.2 Å². The van der Waals surface area contributed by atoms with Crippen molar-refractivity contribution < 1.29 is 9.18 Å². The number of benzene rings is 1. The molecule has 1 aliphatic rings. The van der Waals surface area contributed by atoms with Gasteiger partial charge in [-0.15, -0.1) is 0 Å². The van der Waals surface area contributed by atoms with Gasteiger partial charge in [0.25, 0.3) is 0 Å². The zero-order chi connectivity index (χ0) is 17.6. The molecular formula is C20H24FN3O. The number of nitrogens with one attached hydrogen (secondary N) is 1. The van der Waals surface area contributed by atoms with E-state index < -0.39 is 0 Å². The number of amides is 1. The number of aromatic nitrogens is 1. The summed E-state index contributed by atoms with van der Waals surface area (Å²) in [5.74, 6) is -0.158. The molecule has 1 atom stereocenters. The van der Waals surface area contributed by atoms with Crippen molar-refractivity contribution in [1.29, 1.82) is 0 Å². The number of pyridine rings is 1. The maximum atomic E-state index is 14.1. The van der Waals surface area contributed by atoms with E-state index in [0.717, 1.165) is 30.5 Å². The van der Waals surface area contributed by atoms with Gasteiger partial charge in [0.2, 0.25) is 5.91 Å². The van der Waals surface area contributed by atoms with Gasteiger partial charge in [0, 0.05) is 37.9 Å². The summed E-state index contributed by atoms with van der Waals surface area (Å²) in [5, 5.41) is 3.10. The second kappa shape index (κ2) is 8.10. The zero-order valence-corrected chi connectivity index (χ0v) is 14.5. The average molecular weight is 341 g/mol. The largest absolute Gasteiger partial charge is 0.367 e. The molecule has 0 radical (unpaired) electrons. The third kappa shape index (κ3) is 4.78. The predicted molar refractivity (Wildman–Crippen MR) is 97.1 cm³/mol. The van der Waals surface area contributed by atoms with Crippen LogP contribution in [0.2, 0.25) is 0 Å². The minimum Gasteiger partial charge on any atom is -0.367 e. The summed E-state index contributed by atoms with van der Waals surface area (Å²) < 4.78 is 14.1. The van der Waals surface area contributed by atoms with E-state index >= 15 is 0 Å². The van der Waals surface area contributed by atoms with Crippen LogP contribution < -0.4 is 10.2 Å². The molecule has 1 amide bonds. The summed E-state index contributed by atoms with van der Waals surface area (Å²) >= 11 is 0. The first kappa shape index (κ1) is 17.4. The number of halogens is 1. The van der Waals surface area contributed by atoms with E-state index in [4.69, 9.17) is 0 Å². The molecule has 25 heavy (non-hydrogen) atoms. The Hall–Kier alpha value is -2.43. The van der Waals surface area contributed by atoms with Gasteiger partial charge in [-0.05, 0) is 55.5 Å². The third-order valence-corrected chi connectivity index (χ3v) is 4.59. The number of anilines is 1. The number of hydrogen-bond donors (Lipinski definition) is 1. The number of hydrogen-bond acceptors (Lipinski definition) is 3. The lowest BCUT2D eigenvalue weighted by atomic mass is 10.0. The van der Waals surface area contributed by atoms with Gasteiger partial charge in [-0.2, -0.15) is 0 Å². The molecule has 1 aromatic heterocycles. The summed E-state index contributed by atoms with van der Waals surface area (Å²) in [5.41, 5.74) is 2.73. The van der Waals surface area contributed by atoms with Crippen LogP contribution in [0.3, 0.4) is 0 Å². The van der Waals surface area contributed by atoms with Crippen LogP contribution in [0.4, 0.5) is 10.1 Å². The number of nitrogens with zero attached hydrogens (tertiary/aromatic N) is 2. The molecule has 0 bridgehead atoms. The molecule has 4 nitrogen and oxygen atoms in total. The minimum atomic E-state index is -0.200. The van der Waals surface area contributed by atoms with E-state index in [0.29, 0.717) is 25.1 Å². The average Bonchev–Trinajstić information content (AvgIpc) is 2.63. The second-order valence-corrected chi connectivity index (χ2v) is 6.67. The van der Waals surface area contributed by atoms with Crippen molar-refractivity contribution in [3.63, 3.8) is 0 Å². The SMILES string of the molecule is Cc1ccc(F)c(N2CCCC(NC(=O)CCc3cccnc3)C2)c1. The summed E-state index contributed by atoms with van der Waals surface area (Å²) in [6, 6.07) is 9.09. The Bertz CT molecular complexity index is 720. The van der Waals surface area contributed by atoms with Crippen molar-refractivity contribution in [1.82, 2.24) is 10.3 Å². The van der Waals surface area contributed by atoms with Gasteiger partial charge in [0.05, 0.1) is 5.69 Å². The van der Waals surface area contributed by atoms with E-state index in [1.54, 1.807) is 18.5 Å². The molecule has 1 aromatic carbocycles. The van der Waals surface area contributed by atoms with Gasteiger partial charge in [0.1, 0.15) is 5.82 Å². The predicted octanol–water partition coefficient (Wildman–Crippen LogP) is 3.25. The Labute approximate surface area is 148 Å². The molecule has 1 unspecified atom stereocenters. The molecule has 132 valence electrons. The highest BCUT2D eigenvalue weighted by Gasteiger charge is 2.23. The number of carbonyl (C=O) groups is 1. The molecule has 1 fully saturated rings. The van der Waals surface area contributed by atoms with Gasteiger partial charge in [0.15, 0.2) is 0 Å². The number of piperidine rings is 1. The number of aryl methyl sites for hydroxylation is 2. The van der Waals surface area contributed by atoms with Gasteiger partial charge in [-0.3, -0.25) is 9.78 Å². The lowest BCUT2D eigenvalue weighted by molar-refractivity contribution is -0.121. The Morgan fingerprint density at radius 2 is 2.28 bits per heavy atom. The van der Waals surface area contributed by atoms with Gasteiger partial charge in [-0.25, -0.2) is 4.39 Å². The fraction of sp³-hybridized carbons (Fsp3) is 0.400. The summed E-state index contributed by atoms with van der Waals surface area (Å²) in [6.07, 6.45) is 6.52. The lowest BCUT2D eigenvalue weighted by Gasteiger charge is -2.35. The molecule has 5 heteroatoms. The molecule has 0 saturated carbocycles. The fourth-order valence-corrected chi connectivity index (χ4v) is 3.28. The normalized spacial score (nSPS) is 17.4. The van der Waals surface area contributed by atoms with Gasteiger partial charge >= 0.3 is 0 Å². The van der Waals surface area contributed by atoms with Crippen LogP contribution in [0.15, 0.2) is 42.7 Å². The second-order valence-electron chi connectivity index (χ2n) is 6.67. The van der Waals surface area contributed by atoms with Crippen LogP contribution in [0.25, 0.3) is 0 Å². The van der Waals surface area contributed by atoms with Crippen LogP contribution in [0, 0.1) is 12.7 Å². The molecular weight excluding hydrogens is 317 g/mol. The first-order valence-electron chi connectivity index (χ1n) is 8.81. The zero-order valence-electron chi connectivity index (χ0n) is 14.5.